The number of anilines is 1. The summed E-state index contributed by atoms with van der Waals surface area (Å²) in [4.78, 5) is 12.2. The summed E-state index contributed by atoms with van der Waals surface area (Å²) < 4.78 is 1.08. The summed E-state index contributed by atoms with van der Waals surface area (Å²) in [5.74, 6) is -0.0702. The van der Waals surface area contributed by atoms with Gasteiger partial charge in [0.25, 0.3) is 5.91 Å². The van der Waals surface area contributed by atoms with Crippen molar-refractivity contribution in [1.82, 2.24) is 0 Å². The number of benzene rings is 2. The molecule has 98 valence electrons. The fourth-order valence-electron chi connectivity index (χ4n) is 2.04. The number of carbonyl (C=O) groups is 1. The molecule has 0 aliphatic heterocycles. The topological polar surface area (TPSA) is 29.1 Å². The first kappa shape index (κ1) is 13.8. The van der Waals surface area contributed by atoms with E-state index in [1.54, 1.807) is 0 Å². The van der Waals surface area contributed by atoms with Crippen molar-refractivity contribution in [3.63, 3.8) is 0 Å². The van der Waals surface area contributed by atoms with Crippen LogP contribution in [0.15, 0.2) is 40.9 Å². The van der Waals surface area contributed by atoms with Gasteiger partial charge in [-0.05, 0) is 55.7 Å². The monoisotopic (exact) mass is 317 g/mol. The Morgan fingerprint density at radius 1 is 1.00 bits per heavy atom. The summed E-state index contributed by atoms with van der Waals surface area (Å²) >= 11 is 3.52. The Hall–Kier alpha value is -1.61. The highest BCUT2D eigenvalue weighted by Gasteiger charge is 2.10. The number of halogens is 1. The van der Waals surface area contributed by atoms with E-state index in [0.717, 1.165) is 26.9 Å². The third-order valence-corrected chi connectivity index (χ3v) is 4.33. The van der Waals surface area contributed by atoms with E-state index in [9.17, 15) is 4.79 Å². The number of hydrogen-bond acceptors (Lipinski definition) is 1. The second-order valence-corrected chi connectivity index (χ2v) is 5.49. The Kier molecular flexibility index (Phi) is 4.05. The first-order valence-electron chi connectivity index (χ1n) is 6.13. The van der Waals surface area contributed by atoms with Gasteiger partial charge in [0.2, 0.25) is 0 Å². The Morgan fingerprint density at radius 2 is 1.58 bits per heavy atom. The van der Waals surface area contributed by atoms with Crippen LogP contribution in [0.1, 0.15) is 27.0 Å². The molecule has 0 heterocycles. The molecule has 0 aliphatic rings. The highest BCUT2D eigenvalue weighted by Crippen LogP contribution is 2.25. The van der Waals surface area contributed by atoms with Crippen LogP contribution >= 0.6 is 15.9 Å². The predicted octanol–water partition coefficient (Wildman–Crippen LogP) is 4.63. The minimum atomic E-state index is -0.0702. The van der Waals surface area contributed by atoms with Gasteiger partial charge < -0.3 is 5.32 Å². The molecule has 0 unspecified atom stereocenters. The molecule has 1 N–H and O–H groups in total. The second-order valence-electron chi connectivity index (χ2n) is 4.69. The third kappa shape index (κ3) is 3.04. The summed E-state index contributed by atoms with van der Waals surface area (Å²) in [7, 11) is 0. The first-order chi connectivity index (χ1) is 8.99. The Morgan fingerprint density at radius 3 is 2.16 bits per heavy atom. The van der Waals surface area contributed by atoms with Crippen LogP contribution in [0, 0.1) is 20.8 Å². The first-order valence-corrected chi connectivity index (χ1v) is 6.92. The fraction of sp³-hybridized carbons (Fsp3) is 0.188. The Bertz CT molecular complexity index is 611. The summed E-state index contributed by atoms with van der Waals surface area (Å²) in [6.07, 6.45) is 0. The molecular weight excluding hydrogens is 302 g/mol. The minimum Gasteiger partial charge on any atom is -0.322 e. The van der Waals surface area contributed by atoms with Crippen LogP contribution in [-0.4, -0.2) is 5.91 Å². The summed E-state index contributed by atoms with van der Waals surface area (Å²) in [5.41, 5.74) is 4.73. The van der Waals surface area contributed by atoms with E-state index in [1.807, 2.05) is 57.2 Å². The van der Waals surface area contributed by atoms with Crippen molar-refractivity contribution >= 4 is 27.5 Å². The molecule has 19 heavy (non-hydrogen) atoms. The van der Waals surface area contributed by atoms with Crippen LogP contribution in [-0.2, 0) is 0 Å². The van der Waals surface area contributed by atoms with Crippen molar-refractivity contribution in [3.05, 3.63) is 63.1 Å². The van der Waals surface area contributed by atoms with Gasteiger partial charge in [-0.3, -0.25) is 4.79 Å². The molecule has 0 fully saturated rings. The maximum Gasteiger partial charge on any atom is 0.255 e. The molecule has 2 aromatic carbocycles. The van der Waals surface area contributed by atoms with Gasteiger partial charge in [-0.25, -0.2) is 0 Å². The van der Waals surface area contributed by atoms with E-state index in [0.29, 0.717) is 5.56 Å². The number of amides is 1. The van der Waals surface area contributed by atoms with Gasteiger partial charge in [0, 0.05) is 15.7 Å². The number of nitrogens with one attached hydrogen (secondary N) is 1. The van der Waals surface area contributed by atoms with Crippen molar-refractivity contribution in [1.29, 1.82) is 0 Å². The zero-order valence-corrected chi connectivity index (χ0v) is 12.8. The predicted molar refractivity (Wildman–Crippen MR) is 82.7 cm³/mol. The van der Waals surface area contributed by atoms with Crippen molar-refractivity contribution in [2.75, 3.05) is 5.32 Å². The number of rotatable bonds is 2. The molecule has 0 spiro atoms. The minimum absolute atomic E-state index is 0.0702. The quantitative estimate of drug-likeness (QED) is 0.859. The SMILES string of the molecule is Cc1ccccc1C(=O)Nc1cc(C)c(Br)c(C)c1. The molecule has 0 radical (unpaired) electrons. The van der Waals surface area contributed by atoms with Crippen LogP contribution in [0.4, 0.5) is 5.69 Å². The van der Waals surface area contributed by atoms with Crippen LogP contribution in [0.3, 0.4) is 0 Å². The summed E-state index contributed by atoms with van der Waals surface area (Å²) in [6, 6.07) is 11.5. The van der Waals surface area contributed by atoms with Gasteiger partial charge in [-0.1, -0.05) is 34.1 Å². The van der Waals surface area contributed by atoms with E-state index >= 15 is 0 Å². The van der Waals surface area contributed by atoms with E-state index in [2.05, 4.69) is 21.2 Å². The number of carbonyl (C=O) groups excluding carboxylic acids is 1. The lowest BCUT2D eigenvalue weighted by molar-refractivity contribution is 0.102. The van der Waals surface area contributed by atoms with Gasteiger partial charge in [0.1, 0.15) is 0 Å². The van der Waals surface area contributed by atoms with Crippen LogP contribution < -0.4 is 5.32 Å². The van der Waals surface area contributed by atoms with E-state index < -0.39 is 0 Å². The zero-order valence-electron chi connectivity index (χ0n) is 11.3. The maximum atomic E-state index is 12.2. The van der Waals surface area contributed by atoms with E-state index in [1.165, 1.54) is 0 Å². The van der Waals surface area contributed by atoms with E-state index in [-0.39, 0.29) is 5.91 Å². The molecule has 2 nitrogen and oxygen atoms in total. The third-order valence-electron chi connectivity index (χ3n) is 3.08. The molecule has 0 saturated carbocycles. The molecule has 0 aromatic heterocycles. The lowest BCUT2D eigenvalue weighted by Gasteiger charge is -2.10. The molecule has 2 aromatic rings. The van der Waals surface area contributed by atoms with E-state index in [4.69, 9.17) is 0 Å². The van der Waals surface area contributed by atoms with Gasteiger partial charge in [-0.15, -0.1) is 0 Å². The van der Waals surface area contributed by atoms with Gasteiger partial charge >= 0.3 is 0 Å². The second kappa shape index (κ2) is 5.57. The molecule has 0 saturated heterocycles. The Balaban J connectivity index is 2.27. The van der Waals surface area contributed by atoms with Gasteiger partial charge in [0.05, 0.1) is 0 Å². The molecular formula is C16H16BrNO. The van der Waals surface area contributed by atoms with Crippen molar-refractivity contribution in [2.24, 2.45) is 0 Å². The lowest BCUT2D eigenvalue weighted by Crippen LogP contribution is -2.13. The van der Waals surface area contributed by atoms with Crippen molar-refractivity contribution in [3.8, 4) is 0 Å². The summed E-state index contributed by atoms with van der Waals surface area (Å²) in [6.45, 7) is 5.97. The molecule has 0 bridgehead atoms. The normalized spacial score (nSPS) is 10.3. The van der Waals surface area contributed by atoms with Gasteiger partial charge in [-0.2, -0.15) is 0 Å². The molecule has 0 aliphatic carbocycles. The van der Waals surface area contributed by atoms with Crippen LogP contribution in [0.5, 0.6) is 0 Å². The molecule has 0 atom stereocenters. The van der Waals surface area contributed by atoms with Crippen molar-refractivity contribution < 1.29 is 4.79 Å². The maximum absolute atomic E-state index is 12.2. The van der Waals surface area contributed by atoms with Crippen LogP contribution in [0.25, 0.3) is 0 Å². The highest BCUT2D eigenvalue weighted by molar-refractivity contribution is 9.10. The zero-order chi connectivity index (χ0) is 14.0. The number of aryl methyl sites for hydroxylation is 3. The van der Waals surface area contributed by atoms with Crippen LogP contribution in [0.2, 0.25) is 0 Å². The molecule has 2 rings (SSSR count). The van der Waals surface area contributed by atoms with Crippen molar-refractivity contribution in [2.45, 2.75) is 20.8 Å². The Labute approximate surface area is 122 Å². The lowest BCUT2D eigenvalue weighted by atomic mass is 10.1. The largest absolute Gasteiger partial charge is 0.322 e. The molecule has 1 amide bonds. The molecule has 3 heteroatoms. The smallest absolute Gasteiger partial charge is 0.255 e. The standard InChI is InChI=1S/C16H16BrNO/c1-10-6-4-5-7-14(10)16(19)18-13-8-11(2)15(17)12(3)9-13/h4-9H,1-3H3,(H,18,19). The number of hydrogen-bond donors (Lipinski definition) is 1. The average Bonchev–Trinajstić information content (AvgIpc) is 2.36. The average molecular weight is 318 g/mol. The summed E-state index contributed by atoms with van der Waals surface area (Å²) in [5, 5.41) is 2.95. The fourth-order valence-corrected chi connectivity index (χ4v) is 2.27. The highest BCUT2D eigenvalue weighted by atomic mass is 79.9. The van der Waals surface area contributed by atoms with Gasteiger partial charge in [0.15, 0.2) is 0 Å².